The summed E-state index contributed by atoms with van der Waals surface area (Å²) in [4.78, 5) is 14.3. The normalized spacial score (nSPS) is 18.4. The zero-order valence-electron chi connectivity index (χ0n) is 13.1. The van der Waals surface area contributed by atoms with Crippen LogP contribution in [0.25, 0.3) is 0 Å². The third kappa shape index (κ3) is 2.89. The summed E-state index contributed by atoms with van der Waals surface area (Å²) >= 11 is 0. The zero-order chi connectivity index (χ0) is 15.8. The van der Waals surface area contributed by atoms with Gasteiger partial charge in [0.2, 0.25) is 0 Å². The second kappa shape index (κ2) is 5.66. The van der Waals surface area contributed by atoms with Crippen LogP contribution in [-0.2, 0) is 4.79 Å². The summed E-state index contributed by atoms with van der Waals surface area (Å²) in [5.74, 6) is 0.590. The molecule has 0 aliphatic carbocycles. The number of nitrogens with two attached hydrogens (primary N) is 1. The summed E-state index contributed by atoms with van der Waals surface area (Å²) in [5.41, 5.74) is 6.07. The Kier molecular flexibility index (Phi) is 4.25. The van der Waals surface area contributed by atoms with Gasteiger partial charge in [-0.2, -0.15) is 0 Å². The predicted octanol–water partition coefficient (Wildman–Crippen LogP) is 1.98. The van der Waals surface area contributed by atoms with E-state index < -0.39 is 11.7 Å². The molecule has 1 atom stereocenters. The Morgan fingerprint density at radius 1 is 1.38 bits per heavy atom. The number of nitrogens with zero attached hydrogens (tertiary/aromatic N) is 1. The number of rotatable bonds is 4. The van der Waals surface area contributed by atoms with E-state index in [1.165, 1.54) is 0 Å². The number of ether oxygens (including phenoxy) is 1. The molecule has 1 unspecified atom stereocenters. The molecule has 1 heterocycles. The summed E-state index contributed by atoms with van der Waals surface area (Å²) in [5, 5.41) is 10.1. The highest BCUT2D eigenvalue weighted by atomic mass is 16.5. The van der Waals surface area contributed by atoms with Gasteiger partial charge in [-0.15, -0.1) is 0 Å². The van der Waals surface area contributed by atoms with E-state index in [0.717, 1.165) is 5.56 Å². The second-order valence-electron chi connectivity index (χ2n) is 6.20. The van der Waals surface area contributed by atoms with Gasteiger partial charge in [-0.3, -0.25) is 4.79 Å². The molecule has 1 aliphatic heterocycles. The number of amides is 1. The molecule has 0 aromatic heterocycles. The second-order valence-corrected chi connectivity index (χ2v) is 6.20. The molecule has 5 nitrogen and oxygen atoms in total. The maximum atomic E-state index is 12.6. The number of anilines is 1. The molecule has 3 N–H and O–H groups in total. The number of aliphatic hydroxyl groups is 1. The van der Waals surface area contributed by atoms with Gasteiger partial charge in [0, 0.05) is 6.04 Å². The van der Waals surface area contributed by atoms with Gasteiger partial charge in [-0.05, 0) is 58.4 Å². The van der Waals surface area contributed by atoms with Crippen LogP contribution in [0.15, 0.2) is 18.2 Å². The SMILES string of the molecule is CC(C)N1C(=O)C(C)(C)Oc2ccc(C(O)CCN)cc21. The van der Waals surface area contributed by atoms with Crippen LogP contribution in [0.5, 0.6) is 5.75 Å². The summed E-state index contributed by atoms with van der Waals surface area (Å²) in [6.07, 6.45) is -0.139. The zero-order valence-corrected chi connectivity index (χ0v) is 13.1. The number of carbonyl (C=O) groups is 1. The van der Waals surface area contributed by atoms with Crippen molar-refractivity contribution in [3.05, 3.63) is 23.8 Å². The molecule has 0 bridgehead atoms. The van der Waals surface area contributed by atoms with Gasteiger partial charge in [0.15, 0.2) is 5.60 Å². The third-order valence-corrected chi connectivity index (χ3v) is 3.68. The van der Waals surface area contributed by atoms with Crippen LogP contribution in [0, 0.1) is 0 Å². The number of carbonyl (C=O) groups excluding carboxylic acids is 1. The first-order valence-electron chi connectivity index (χ1n) is 7.32. The quantitative estimate of drug-likeness (QED) is 0.889. The molecule has 0 saturated heterocycles. The van der Waals surface area contributed by atoms with E-state index in [1.54, 1.807) is 18.7 Å². The summed E-state index contributed by atoms with van der Waals surface area (Å²) < 4.78 is 5.81. The highest BCUT2D eigenvalue weighted by Gasteiger charge is 2.42. The maximum absolute atomic E-state index is 12.6. The topological polar surface area (TPSA) is 75.8 Å². The van der Waals surface area contributed by atoms with Crippen molar-refractivity contribution in [2.75, 3.05) is 11.4 Å². The van der Waals surface area contributed by atoms with Crippen LogP contribution < -0.4 is 15.4 Å². The molecule has 1 aromatic rings. The largest absolute Gasteiger partial charge is 0.476 e. The molecule has 1 aromatic carbocycles. The van der Waals surface area contributed by atoms with E-state index >= 15 is 0 Å². The lowest BCUT2D eigenvalue weighted by atomic mass is 9.99. The number of fused-ring (bicyclic) bond motifs is 1. The Morgan fingerprint density at radius 2 is 2.05 bits per heavy atom. The molecular formula is C16H24N2O3. The van der Waals surface area contributed by atoms with Crippen molar-refractivity contribution >= 4 is 11.6 Å². The number of hydrogen-bond acceptors (Lipinski definition) is 4. The lowest BCUT2D eigenvalue weighted by molar-refractivity contribution is -0.133. The average Bonchev–Trinajstić information content (AvgIpc) is 2.39. The van der Waals surface area contributed by atoms with Crippen LogP contribution in [0.2, 0.25) is 0 Å². The average molecular weight is 292 g/mol. The minimum Gasteiger partial charge on any atom is -0.476 e. The lowest BCUT2D eigenvalue weighted by Crippen LogP contribution is -2.54. The van der Waals surface area contributed by atoms with Crippen molar-refractivity contribution in [1.29, 1.82) is 0 Å². The first kappa shape index (κ1) is 15.8. The molecule has 2 rings (SSSR count). The van der Waals surface area contributed by atoms with Gasteiger partial charge in [0.05, 0.1) is 11.8 Å². The Hall–Kier alpha value is -1.59. The smallest absolute Gasteiger partial charge is 0.270 e. The maximum Gasteiger partial charge on any atom is 0.270 e. The minimum atomic E-state index is -0.880. The highest BCUT2D eigenvalue weighted by Crippen LogP contribution is 2.40. The van der Waals surface area contributed by atoms with Crippen molar-refractivity contribution in [3.8, 4) is 5.75 Å². The highest BCUT2D eigenvalue weighted by molar-refractivity contribution is 6.02. The van der Waals surface area contributed by atoms with Crippen molar-refractivity contribution in [2.24, 2.45) is 5.73 Å². The predicted molar refractivity (Wildman–Crippen MR) is 82.4 cm³/mol. The van der Waals surface area contributed by atoms with Crippen LogP contribution in [0.3, 0.4) is 0 Å². The Bertz CT molecular complexity index is 540. The van der Waals surface area contributed by atoms with Gasteiger partial charge >= 0.3 is 0 Å². The van der Waals surface area contributed by atoms with Gasteiger partial charge < -0.3 is 20.5 Å². The van der Waals surface area contributed by atoms with Crippen LogP contribution in [0.1, 0.15) is 45.8 Å². The molecule has 0 saturated carbocycles. The van der Waals surface area contributed by atoms with Crippen molar-refractivity contribution in [1.82, 2.24) is 0 Å². The monoisotopic (exact) mass is 292 g/mol. The Balaban J connectivity index is 2.48. The van der Waals surface area contributed by atoms with Crippen molar-refractivity contribution in [3.63, 3.8) is 0 Å². The summed E-state index contributed by atoms with van der Waals surface area (Å²) in [6, 6.07) is 5.47. The molecule has 0 spiro atoms. The minimum absolute atomic E-state index is 0.0151. The van der Waals surface area contributed by atoms with E-state index in [-0.39, 0.29) is 11.9 Å². The Labute approximate surface area is 125 Å². The van der Waals surface area contributed by atoms with Gasteiger partial charge in [-0.1, -0.05) is 6.07 Å². The van der Waals surface area contributed by atoms with E-state index in [9.17, 15) is 9.90 Å². The third-order valence-electron chi connectivity index (χ3n) is 3.68. The fraction of sp³-hybridized carbons (Fsp3) is 0.562. The molecule has 5 heteroatoms. The summed E-state index contributed by atoms with van der Waals surface area (Å²) in [7, 11) is 0. The number of aliphatic hydroxyl groups excluding tert-OH is 1. The first-order valence-corrected chi connectivity index (χ1v) is 7.32. The van der Waals surface area contributed by atoms with Crippen molar-refractivity contribution < 1.29 is 14.6 Å². The number of benzene rings is 1. The number of hydrogen-bond donors (Lipinski definition) is 2. The Morgan fingerprint density at radius 3 is 2.62 bits per heavy atom. The fourth-order valence-corrected chi connectivity index (χ4v) is 2.57. The van der Waals surface area contributed by atoms with Crippen LogP contribution >= 0.6 is 0 Å². The molecule has 21 heavy (non-hydrogen) atoms. The van der Waals surface area contributed by atoms with E-state index in [2.05, 4.69) is 0 Å². The van der Waals surface area contributed by atoms with E-state index in [1.807, 2.05) is 32.0 Å². The summed E-state index contributed by atoms with van der Waals surface area (Å²) in [6.45, 7) is 7.88. The first-order chi connectivity index (χ1) is 9.77. The fourth-order valence-electron chi connectivity index (χ4n) is 2.57. The standard InChI is InChI=1S/C16H24N2O3/c1-10(2)18-12-9-11(13(19)7-8-17)5-6-14(12)21-16(3,4)15(18)20/h5-6,9-10,13,19H,7-8,17H2,1-4H3. The van der Waals surface area contributed by atoms with Gasteiger partial charge in [0.1, 0.15) is 5.75 Å². The van der Waals surface area contributed by atoms with Gasteiger partial charge in [-0.25, -0.2) is 0 Å². The molecule has 1 aliphatic rings. The molecular weight excluding hydrogens is 268 g/mol. The van der Waals surface area contributed by atoms with Gasteiger partial charge in [0.25, 0.3) is 5.91 Å². The van der Waals surface area contributed by atoms with E-state index in [4.69, 9.17) is 10.5 Å². The molecule has 116 valence electrons. The van der Waals surface area contributed by atoms with E-state index in [0.29, 0.717) is 24.4 Å². The molecule has 1 amide bonds. The van der Waals surface area contributed by atoms with Crippen LogP contribution in [-0.4, -0.2) is 29.2 Å². The molecule has 0 fully saturated rings. The molecule has 0 radical (unpaired) electrons. The van der Waals surface area contributed by atoms with Crippen LogP contribution in [0.4, 0.5) is 5.69 Å². The van der Waals surface area contributed by atoms with Crippen molar-refractivity contribution in [2.45, 2.75) is 51.9 Å². The lowest BCUT2D eigenvalue weighted by Gasteiger charge is -2.41.